The molecule has 1 aromatic carbocycles. The van der Waals surface area contributed by atoms with Crippen LogP contribution < -0.4 is 5.32 Å². The fourth-order valence-corrected chi connectivity index (χ4v) is 2.03. The average Bonchev–Trinajstić information content (AvgIpc) is 2.81. The maximum Gasteiger partial charge on any atom is 0.0893 e. The van der Waals surface area contributed by atoms with E-state index in [-0.39, 0.29) is 0 Å². The molecule has 3 nitrogen and oxygen atoms in total. The van der Waals surface area contributed by atoms with Crippen LogP contribution in [0.4, 0.5) is 0 Å². The van der Waals surface area contributed by atoms with Gasteiger partial charge in [-0.3, -0.25) is 0 Å². The van der Waals surface area contributed by atoms with Gasteiger partial charge in [-0.15, -0.1) is 5.10 Å². The molecule has 0 radical (unpaired) electrons. The number of nitrogens with one attached hydrogen (secondary N) is 1. The van der Waals surface area contributed by atoms with Gasteiger partial charge in [0.05, 0.1) is 5.69 Å². The summed E-state index contributed by atoms with van der Waals surface area (Å²) in [6, 6.07) is 11.0. The largest absolute Gasteiger partial charge is 0.308 e. The summed E-state index contributed by atoms with van der Waals surface area (Å²) >= 11 is 1.39. The Morgan fingerprint density at radius 2 is 2.12 bits per heavy atom. The van der Waals surface area contributed by atoms with Crippen LogP contribution in [0.2, 0.25) is 0 Å². The molecule has 0 amide bonds. The highest BCUT2D eigenvalue weighted by atomic mass is 32.1. The first-order chi connectivity index (χ1) is 7.84. The highest BCUT2D eigenvalue weighted by Gasteiger charge is 2.03. The predicted molar refractivity (Wildman–Crippen MR) is 66.4 cm³/mol. The van der Waals surface area contributed by atoms with Gasteiger partial charge in [-0.2, -0.15) is 0 Å². The van der Waals surface area contributed by atoms with Crippen molar-refractivity contribution < 1.29 is 0 Å². The Kier molecular flexibility index (Phi) is 4.02. The van der Waals surface area contributed by atoms with E-state index in [0.717, 1.165) is 18.7 Å². The first-order valence-corrected chi connectivity index (χ1v) is 6.21. The molecule has 2 aromatic rings. The molecule has 0 saturated heterocycles. The van der Waals surface area contributed by atoms with Crippen LogP contribution in [0.1, 0.15) is 18.2 Å². The molecule has 0 aliphatic rings. The van der Waals surface area contributed by atoms with Crippen LogP contribution >= 0.6 is 11.5 Å². The van der Waals surface area contributed by atoms with Crippen molar-refractivity contribution in [2.24, 2.45) is 0 Å². The molecular formula is C12H15N3S. The molecular weight excluding hydrogens is 218 g/mol. The molecule has 0 aliphatic carbocycles. The van der Waals surface area contributed by atoms with Gasteiger partial charge in [-0.1, -0.05) is 34.8 Å². The molecule has 1 heterocycles. The molecule has 84 valence electrons. The molecule has 0 spiro atoms. The zero-order chi connectivity index (χ0) is 11.2. The van der Waals surface area contributed by atoms with Crippen molar-refractivity contribution in [1.29, 1.82) is 0 Å². The molecule has 1 atom stereocenters. The molecule has 0 fully saturated rings. The third kappa shape index (κ3) is 3.40. The van der Waals surface area contributed by atoms with E-state index in [1.54, 1.807) is 0 Å². The monoisotopic (exact) mass is 233 g/mol. The van der Waals surface area contributed by atoms with E-state index in [0.29, 0.717) is 6.04 Å². The van der Waals surface area contributed by atoms with Crippen LogP contribution in [0, 0.1) is 0 Å². The fourth-order valence-electron chi connectivity index (χ4n) is 1.58. The Morgan fingerprint density at radius 1 is 1.31 bits per heavy atom. The SMILES string of the molecule is CC(Cc1ccccc1)NCc1csnn1. The zero-order valence-electron chi connectivity index (χ0n) is 9.26. The van der Waals surface area contributed by atoms with Crippen molar-refractivity contribution in [3.63, 3.8) is 0 Å². The molecule has 1 unspecified atom stereocenters. The predicted octanol–water partition coefficient (Wildman–Crippen LogP) is 2.26. The van der Waals surface area contributed by atoms with E-state index in [9.17, 15) is 0 Å². The molecule has 1 aromatic heterocycles. The van der Waals surface area contributed by atoms with Crippen LogP contribution in [-0.2, 0) is 13.0 Å². The third-order valence-corrected chi connectivity index (χ3v) is 2.97. The van der Waals surface area contributed by atoms with Gasteiger partial charge in [0, 0.05) is 18.0 Å². The Hall–Kier alpha value is -1.26. The van der Waals surface area contributed by atoms with E-state index in [2.05, 4.69) is 46.1 Å². The van der Waals surface area contributed by atoms with Crippen LogP contribution in [0.3, 0.4) is 0 Å². The standard InChI is InChI=1S/C12H15N3S/c1-10(7-11-5-3-2-4-6-11)13-8-12-9-16-15-14-12/h2-6,9-10,13H,7-8H2,1H3. The average molecular weight is 233 g/mol. The number of nitrogens with zero attached hydrogens (tertiary/aromatic N) is 2. The maximum absolute atomic E-state index is 4.00. The second kappa shape index (κ2) is 5.72. The second-order valence-electron chi connectivity index (χ2n) is 3.87. The summed E-state index contributed by atoms with van der Waals surface area (Å²) < 4.78 is 3.84. The summed E-state index contributed by atoms with van der Waals surface area (Å²) in [5, 5.41) is 9.41. The van der Waals surface area contributed by atoms with E-state index in [1.165, 1.54) is 17.1 Å². The normalized spacial score (nSPS) is 12.6. The zero-order valence-corrected chi connectivity index (χ0v) is 10.1. The van der Waals surface area contributed by atoms with Crippen molar-refractivity contribution in [3.8, 4) is 0 Å². The Labute approximate surface area is 99.7 Å². The minimum Gasteiger partial charge on any atom is -0.308 e. The van der Waals surface area contributed by atoms with E-state index >= 15 is 0 Å². The number of rotatable bonds is 5. The Balaban J connectivity index is 1.78. The Morgan fingerprint density at radius 3 is 2.81 bits per heavy atom. The van der Waals surface area contributed by atoms with E-state index in [1.807, 2.05) is 11.4 Å². The van der Waals surface area contributed by atoms with Gasteiger partial charge >= 0.3 is 0 Å². The van der Waals surface area contributed by atoms with Gasteiger partial charge in [-0.05, 0) is 30.4 Å². The quantitative estimate of drug-likeness (QED) is 0.860. The summed E-state index contributed by atoms with van der Waals surface area (Å²) in [5.74, 6) is 0. The molecule has 16 heavy (non-hydrogen) atoms. The van der Waals surface area contributed by atoms with Gasteiger partial charge in [0.2, 0.25) is 0 Å². The number of aromatic nitrogens is 2. The lowest BCUT2D eigenvalue weighted by atomic mass is 10.1. The topological polar surface area (TPSA) is 37.8 Å². The van der Waals surface area contributed by atoms with Crippen molar-refractivity contribution >= 4 is 11.5 Å². The van der Waals surface area contributed by atoms with Gasteiger partial charge in [0.1, 0.15) is 0 Å². The molecule has 0 aliphatic heterocycles. The van der Waals surface area contributed by atoms with Gasteiger partial charge in [0.25, 0.3) is 0 Å². The van der Waals surface area contributed by atoms with Crippen molar-refractivity contribution in [3.05, 3.63) is 47.0 Å². The summed E-state index contributed by atoms with van der Waals surface area (Å²) in [7, 11) is 0. The van der Waals surface area contributed by atoms with Crippen LogP contribution in [0.25, 0.3) is 0 Å². The maximum atomic E-state index is 4.00. The molecule has 1 N–H and O–H groups in total. The third-order valence-electron chi connectivity index (χ3n) is 2.42. The number of hydrogen-bond donors (Lipinski definition) is 1. The fraction of sp³-hybridized carbons (Fsp3) is 0.333. The minimum absolute atomic E-state index is 0.448. The van der Waals surface area contributed by atoms with E-state index < -0.39 is 0 Å². The van der Waals surface area contributed by atoms with Crippen molar-refractivity contribution in [2.45, 2.75) is 25.9 Å². The molecule has 4 heteroatoms. The lowest BCUT2D eigenvalue weighted by Gasteiger charge is -2.12. The Bertz CT molecular complexity index is 399. The lowest BCUT2D eigenvalue weighted by molar-refractivity contribution is 0.539. The highest BCUT2D eigenvalue weighted by Crippen LogP contribution is 2.03. The molecule has 2 rings (SSSR count). The minimum atomic E-state index is 0.448. The first kappa shape index (κ1) is 11.2. The van der Waals surface area contributed by atoms with Crippen LogP contribution in [0.15, 0.2) is 35.7 Å². The van der Waals surface area contributed by atoms with Crippen LogP contribution in [-0.4, -0.2) is 15.6 Å². The summed E-state index contributed by atoms with van der Waals surface area (Å²) in [5.41, 5.74) is 2.38. The van der Waals surface area contributed by atoms with Gasteiger partial charge in [0.15, 0.2) is 0 Å². The van der Waals surface area contributed by atoms with Crippen molar-refractivity contribution in [1.82, 2.24) is 14.9 Å². The summed E-state index contributed by atoms with van der Waals surface area (Å²) in [4.78, 5) is 0. The van der Waals surface area contributed by atoms with E-state index in [4.69, 9.17) is 0 Å². The smallest absolute Gasteiger partial charge is 0.0893 e. The van der Waals surface area contributed by atoms with Gasteiger partial charge in [-0.25, -0.2) is 0 Å². The van der Waals surface area contributed by atoms with Crippen LogP contribution in [0.5, 0.6) is 0 Å². The summed E-state index contributed by atoms with van der Waals surface area (Å²) in [6.45, 7) is 2.98. The molecule has 0 saturated carbocycles. The lowest BCUT2D eigenvalue weighted by Crippen LogP contribution is -2.27. The number of benzene rings is 1. The highest BCUT2D eigenvalue weighted by molar-refractivity contribution is 7.03. The van der Waals surface area contributed by atoms with Gasteiger partial charge < -0.3 is 5.32 Å². The summed E-state index contributed by atoms with van der Waals surface area (Å²) in [6.07, 6.45) is 1.04. The second-order valence-corrected chi connectivity index (χ2v) is 4.48. The first-order valence-electron chi connectivity index (χ1n) is 5.38. The van der Waals surface area contributed by atoms with Crippen molar-refractivity contribution in [2.75, 3.05) is 0 Å². The number of hydrogen-bond acceptors (Lipinski definition) is 4. The molecule has 0 bridgehead atoms.